The molecule has 0 bridgehead atoms. The predicted molar refractivity (Wildman–Crippen MR) is 66.3 cm³/mol. The van der Waals surface area contributed by atoms with Crippen molar-refractivity contribution < 1.29 is 0 Å². The largest absolute Gasteiger partial charge is 0.313 e. The van der Waals surface area contributed by atoms with Crippen molar-refractivity contribution in [2.24, 2.45) is 0 Å². The van der Waals surface area contributed by atoms with Crippen molar-refractivity contribution in [3.63, 3.8) is 0 Å². The number of likely N-dealkylation sites (N-methyl/N-ethyl adjacent to an activating group) is 1. The van der Waals surface area contributed by atoms with Crippen molar-refractivity contribution in [1.29, 1.82) is 0 Å². The van der Waals surface area contributed by atoms with Gasteiger partial charge >= 0.3 is 0 Å². The summed E-state index contributed by atoms with van der Waals surface area (Å²) in [6, 6.07) is 8.25. The van der Waals surface area contributed by atoms with Crippen LogP contribution in [0.15, 0.2) is 34.3 Å². The molecule has 76 valence electrons. The van der Waals surface area contributed by atoms with Gasteiger partial charge < -0.3 is 5.32 Å². The van der Waals surface area contributed by atoms with E-state index in [4.69, 9.17) is 0 Å². The van der Waals surface area contributed by atoms with Crippen LogP contribution in [0.1, 0.15) is 19.4 Å². The first-order valence-electron chi connectivity index (χ1n) is 4.86. The molecule has 0 aromatic heterocycles. The maximum absolute atomic E-state index is 3.53. The summed E-state index contributed by atoms with van der Waals surface area (Å²) in [5.74, 6) is 0. The van der Waals surface area contributed by atoms with Gasteiger partial charge in [0.2, 0.25) is 0 Å². The summed E-state index contributed by atoms with van der Waals surface area (Å²) in [4.78, 5) is 0. The van der Waals surface area contributed by atoms with E-state index in [0.29, 0.717) is 0 Å². The van der Waals surface area contributed by atoms with Gasteiger partial charge in [-0.15, -0.1) is 0 Å². The van der Waals surface area contributed by atoms with Crippen LogP contribution in [0.4, 0.5) is 0 Å². The van der Waals surface area contributed by atoms with Gasteiger partial charge in [-0.2, -0.15) is 0 Å². The van der Waals surface area contributed by atoms with Crippen molar-refractivity contribution in [2.75, 3.05) is 13.1 Å². The molecule has 1 rings (SSSR count). The summed E-state index contributed by atoms with van der Waals surface area (Å²) in [6.07, 6.45) is 2.20. The molecule has 0 heterocycles. The van der Waals surface area contributed by atoms with E-state index in [1.165, 1.54) is 11.1 Å². The van der Waals surface area contributed by atoms with E-state index in [1.807, 2.05) is 6.07 Å². The Labute approximate surface area is 94.3 Å². The number of rotatable bonds is 4. The first-order chi connectivity index (χ1) is 6.74. The Morgan fingerprint density at radius 3 is 2.79 bits per heavy atom. The Bertz CT molecular complexity index is 318. The molecule has 1 N–H and O–H groups in total. The minimum Gasteiger partial charge on any atom is -0.313 e. The van der Waals surface area contributed by atoms with Crippen LogP contribution in [0.2, 0.25) is 0 Å². The Balaban J connectivity index is 2.71. The molecule has 0 aliphatic rings. The van der Waals surface area contributed by atoms with E-state index >= 15 is 0 Å². The van der Waals surface area contributed by atoms with Gasteiger partial charge in [0.25, 0.3) is 0 Å². The van der Waals surface area contributed by atoms with E-state index < -0.39 is 0 Å². The van der Waals surface area contributed by atoms with Crippen LogP contribution >= 0.6 is 15.9 Å². The molecule has 0 atom stereocenters. The second-order valence-electron chi connectivity index (χ2n) is 3.29. The van der Waals surface area contributed by atoms with Crippen molar-refractivity contribution in [2.45, 2.75) is 13.8 Å². The highest BCUT2D eigenvalue weighted by Crippen LogP contribution is 2.18. The predicted octanol–water partition coefficient (Wildman–Crippen LogP) is 3.46. The molecule has 0 unspecified atom stereocenters. The van der Waals surface area contributed by atoms with Crippen LogP contribution in [-0.2, 0) is 0 Å². The average molecular weight is 254 g/mol. The molecule has 2 heteroatoms. The van der Waals surface area contributed by atoms with Crippen molar-refractivity contribution in [3.8, 4) is 0 Å². The highest BCUT2D eigenvalue weighted by molar-refractivity contribution is 9.10. The number of hydrogen-bond acceptors (Lipinski definition) is 1. The summed E-state index contributed by atoms with van der Waals surface area (Å²) in [7, 11) is 0. The van der Waals surface area contributed by atoms with Gasteiger partial charge in [0, 0.05) is 11.0 Å². The fourth-order valence-corrected chi connectivity index (χ4v) is 1.63. The summed E-state index contributed by atoms with van der Waals surface area (Å²) < 4.78 is 1.15. The first kappa shape index (κ1) is 11.5. The minimum atomic E-state index is 0.956. The fraction of sp³-hybridized carbons (Fsp3) is 0.333. The third kappa shape index (κ3) is 3.64. The molecule has 0 aliphatic heterocycles. The molecule has 0 saturated heterocycles. The number of nitrogens with one attached hydrogen (secondary N) is 1. The van der Waals surface area contributed by atoms with E-state index in [9.17, 15) is 0 Å². The molecule has 0 saturated carbocycles. The molecule has 1 aromatic carbocycles. The maximum atomic E-state index is 3.53. The van der Waals surface area contributed by atoms with E-state index in [2.05, 4.69) is 59.4 Å². The maximum Gasteiger partial charge on any atom is 0.0247 e. The average Bonchev–Trinajstić information content (AvgIpc) is 2.18. The van der Waals surface area contributed by atoms with Gasteiger partial charge in [-0.25, -0.2) is 0 Å². The number of benzene rings is 1. The van der Waals surface area contributed by atoms with Gasteiger partial charge in [0.05, 0.1) is 0 Å². The quantitative estimate of drug-likeness (QED) is 0.867. The van der Waals surface area contributed by atoms with Crippen LogP contribution in [0.25, 0.3) is 6.08 Å². The molecule has 0 fully saturated rings. The zero-order valence-corrected chi connectivity index (χ0v) is 10.3. The third-order valence-electron chi connectivity index (χ3n) is 1.96. The first-order valence-corrected chi connectivity index (χ1v) is 5.65. The Morgan fingerprint density at radius 1 is 1.43 bits per heavy atom. The Morgan fingerprint density at radius 2 is 2.14 bits per heavy atom. The van der Waals surface area contributed by atoms with Gasteiger partial charge in [-0.05, 0) is 25.1 Å². The second-order valence-corrected chi connectivity index (χ2v) is 4.15. The summed E-state index contributed by atoms with van der Waals surface area (Å²) in [6.45, 7) is 6.23. The summed E-state index contributed by atoms with van der Waals surface area (Å²) in [5, 5.41) is 3.30. The van der Waals surface area contributed by atoms with Crippen molar-refractivity contribution in [1.82, 2.24) is 5.32 Å². The fourth-order valence-electron chi connectivity index (χ4n) is 1.23. The Kier molecular flexibility index (Phi) is 4.91. The lowest BCUT2D eigenvalue weighted by molar-refractivity contribution is 0.778. The highest BCUT2D eigenvalue weighted by atomic mass is 79.9. The van der Waals surface area contributed by atoms with Crippen LogP contribution in [-0.4, -0.2) is 13.1 Å². The lowest BCUT2D eigenvalue weighted by atomic mass is 10.1. The van der Waals surface area contributed by atoms with E-state index in [1.54, 1.807) is 0 Å². The van der Waals surface area contributed by atoms with Crippen LogP contribution < -0.4 is 5.32 Å². The topological polar surface area (TPSA) is 12.0 Å². The number of halogens is 1. The van der Waals surface area contributed by atoms with E-state index in [0.717, 1.165) is 17.6 Å². The molecular weight excluding hydrogens is 238 g/mol. The van der Waals surface area contributed by atoms with E-state index in [-0.39, 0.29) is 0 Å². The SMILES string of the molecule is CCNCC(C)=Cc1ccccc1Br. The van der Waals surface area contributed by atoms with Gasteiger partial charge in [-0.3, -0.25) is 0 Å². The highest BCUT2D eigenvalue weighted by Gasteiger charge is 1.95. The molecule has 1 aromatic rings. The zero-order chi connectivity index (χ0) is 10.4. The summed E-state index contributed by atoms with van der Waals surface area (Å²) in [5.41, 5.74) is 2.58. The lowest BCUT2D eigenvalue weighted by Gasteiger charge is -2.03. The van der Waals surface area contributed by atoms with Gasteiger partial charge in [0.15, 0.2) is 0 Å². The zero-order valence-electron chi connectivity index (χ0n) is 8.68. The van der Waals surface area contributed by atoms with Crippen LogP contribution in [0.3, 0.4) is 0 Å². The molecular formula is C12H16BrN. The normalized spacial score (nSPS) is 11.8. The monoisotopic (exact) mass is 253 g/mol. The van der Waals surface area contributed by atoms with Gasteiger partial charge in [0.1, 0.15) is 0 Å². The minimum absolute atomic E-state index is 0.956. The van der Waals surface area contributed by atoms with Crippen molar-refractivity contribution in [3.05, 3.63) is 39.9 Å². The third-order valence-corrected chi connectivity index (χ3v) is 2.68. The summed E-state index contributed by atoms with van der Waals surface area (Å²) >= 11 is 3.53. The molecule has 14 heavy (non-hydrogen) atoms. The second kappa shape index (κ2) is 5.99. The molecule has 0 radical (unpaired) electrons. The Hall–Kier alpha value is -0.600. The standard InChI is InChI=1S/C12H16BrN/c1-3-14-9-10(2)8-11-6-4-5-7-12(11)13/h4-8,14H,3,9H2,1-2H3. The van der Waals surface area contributed by atoms with Gasteiger partial charge in [-0.1, -0.05) is 52.7 Å². The molecule has 0 spiro atoms. The van der Waals surface area contributed by atoms with Crippen LogP contribution in [0.5, 0.6) is 0 Å². The molecule has 0 aliphatic carbocycles. The van der Waals surface area contributed by atoms with Crippen molar-refractivity contribution >= 4 is 22.0 Å². The molecule has 1 nitrogen and oxygen atoms in total. The van der Waals surface area contributed by atoms with Crippen LogP contribution in [0, 0.1) is 0 Å². The smallest absolute Gasteiger partial charge is 0.0247 e. The lowest BCUT2D eigenvalue weighted by Crippen LogP contribution is -2.14. The molecule has 0 amide bonds. The number of hydrogen-bond donors (Lipinski definition) is 1.